The van der Waals surface area contributed by atoms with Gasteiger partial charge >= 0.3 is 5.97 Å². The first-order chi connectivity index (χ1) is 9.43. The van der Waals surface area contributed by atoms with Crippen LogP contribution in [0.2, 0.25) is 0 Å². The highest BCUT2D eigenvalue weighted by Crippen LogP contribution is 2.15. The first kappa shape index (κ1) is 16.2. The third kappa shape index (κ3) is 5.00. The lowest BCUT2D eigenvalue weighted by molar-refractivity contribution is -0.140. The summed E-state index contributed by atoms with van der Waals surface area (Å²) in [4.78, 5) is 24.7. The molecule has 1 aromatic heterocycles. The maximum Gasteiger partial charge on any atom is 0.305 e. The summed E-state index contributed by atoms with van der Waals surface area (Å²) in [6.45, 7) is 4.62. The van der Waals surface area contributed by atoms with Crippen molar-refractivity contribution in [2.45, 2.75) is 26.7 Å². The number of carbonyl (C=O) groups excluding carboxylic acids is 2. The maximum atomic E-state index is 11.9. The quantitative estimate of drug-likeness (QED) is 0.724. The molecule has 0 aromatic carbocycles. The van der Waals surface area contributed by atoms with Gasteiger partial charge in [0.2, 0.25) is 5.91 Å². The van der Waals surface area contributed by atoms with Crippen molar-refractivity contribution < 1.29 is 14.3 Å². The lowest BCUT2D eigenvalue weighted by Crippen LogP contribution is -2.31. The summed E-state index contributed by atoms with van der Waals surface area (Å²) >= 11 is 0. The Morgan fingerprint density at radius 1 is 1.40 bits per heavy atom. The topological polar surface area (TPSA) is 87.3 Å². The molecule has 0 radical (unpaired) electrons. The summed E-state index contributed by atoms with van der Waals surface area (Å²) in [7, 11) is 3.21. The van der Waals surface area contributed by atoms with Crippen LogP contribution in [0.4, 0.5) is 5.69 Å². The van der Waals surface area contributed by atoms with E-state index in [0.29, 0.717) is 19.4 Å². The number of H-pyrrole nitrogens is 1. The monoisotopic (exact) mass is 282 g/mol. The third-order valence-electron chi connectivity index (χ3n) is 2.95. The van der Waals surface area contributed by atoms with Gasteiger partial charge in [0.05, 0.1) is 30.7 Å². The number of aromatic amines is 1. The molecule has 0 atom stereocenters. The summed E-state index contributed by atoms with van der Waals surface area (Å²) in [5, 5.41) is 9.67. The predicted octanol–water partition coefficient (Wildman–Crippen LogP) is 0.850. The largest absolute Gasteiger partial charge is 0.469 e. The highest BCUT2D eigenvalue weighted by molar-refractivity contribution is 5.93. The zero-order chi connectivity index (χ0) is 15.1. The molecular weight excluding hydrogens is 260 g/mol. The fourth-order valence-electron chi connectivity index (χ4n) is 1.83. The molecule has 0 spiro atoms. The van der Waals surface area contributed by atoms with Crippen LogP contribution in [-0.4, -0.2) is 54.2 Å². The normalized spacial score (nSPS) is 10.7. The number of anilines is 1. The summed E-state index contributed by atoms with van der Waals surface area (Å²) in [5.41, 5.74) is 2.34. The number of aromatic nitrogens is 2. The number of nitrogens with zero attached hydrogens (tertiary/aromatic N) is 2. The van der Waals surface area contributed by atoms with Crippen molar-refractivity contribution in [1.82, 2.24) is 15.1 Å². The van der Waals surface area contributed by atoms with E-state index < -0.39 is 0 Å². The van der Waals surface area contributed by atoms with Gasteiger partial charge in [-0.3, -0.25) is 19.6 Å². The first-order valence-electron chi connectivity index (χ1n) is 6.50. The molecule has 0 aliphatic carbocycles. The second kappa shape index (κ2) is 7.64. The average molecular weight is 282 g/mol. The Morgan fingerprint density at radius 3 is 2.65 bits per heavy atom. The van der Waals surface area contributed by atoms with Crippen LogP contribution in [0.25, 0.3) is 0 Å². The van der Waals surface area contributed by atoms with Crippen LogP contribution in [0, 0.1) is 13.8 Å². The van der Waals surface area contributed by atoms with Gasteiger partial charge in [-0.05, 0) is 33.9 Å². The second-order valence-corrected chi connectivity index (χ2v) is 4.77. The molecule has 0 fully saturated rings. The van der Waals surface area contributed by atoms with Gasteiger partial charge in [0.25, 0.3) is 0 Å². The van der Waals surface area contributed by atoms with Crippen LogP contribution in [-0.2, 0) is 14.3 Å². The molecule has 1 aromatic rings. The number of methoxy groups -OCH3 is 1. The number of carbonyl (C=O) groups is 2. The number of hydrogen-bond acceptors (Lipinski definition) is 5. The van der Waals surface area contributed by atoms with Crippen LogP contribution in [0.3, 0.4) is 0 Å². The Kier molecular flexibility index (Phi) is 6.17. The van der Waals surface area contributed by atoms with Crippen LogP contribution < -0.4 is 5.32 Å². The van der Waals surface area contributed by atoms with Crippen molar-refractivity contribution in [3.05, 3.63) is 11.4 Å². The Labute approximate surface area is 118 Å². The van der Waals surface area contributed by atoms with Gasteiger partial charge in [0.15, 0.2) is 0 Å². The molecule has 20 heavy (non-hydrogen) atoms. The molecule has 1 rings (SSSR count). The highest BCUT2D eigenvalue weighted by atomic mass is 16.5. The van der Waals surface area contributed by atoms with E-state index in [1.165, 1.54) is 7.11 Å². The SMILES string of the molecule is COC(=O)CCCN(C)CC(=O)Nc1c(C)n[nH]c1C. The van der Waals surface area contributed by atoms with Crippen molar-refractivity contribution >= 4 is 17.6 Å². The van der Waals surface area contributed by atoms with E-state index in [4.69, 9.17) is 0 Å². The van der Waals surface area contributed by atoms with Crippen molar-refractivity contribution in [2.75, 3.05) is 32.6 Å². The van der Waals surface area contributed by atoms with Gasteiger partial charge in [0, 0.05) is 6.42 Å². The fourth-order valence-corrected chi connectivity index (χ4v) is 1.83. The minimum absolute atomic E-state index is 0.0989. The van der Waals surface area contributed by atoms with Gasteiger partial charge in [-0.25, -0.2) is 0 Å². The molecular formula is C13H22N4O3. The van der Waals surface area contributed by atoms with E-state index in [-0.39, 0.29) is 18.4 Å². The van der Waals surface area contributed by atoms with Gasteiger partial charge in [0.1, 0.15) is 0 Å². The van der Waals surface area contributed by atoms with E-state index in [2.05, 4.69) is 20.3 Å². The van der Waals surface area contributed by atoms with Crippen molar-refractivity contribution in [1.29, 1.82) is 0 Å². The third-order valence-corrected chi connectivity index (χ3v) is 2.95. The molecule has 7 heteroatoms. The van der Waals surface area contributed by atoms with Gasteiger partial charge in [-0.2, -0.15) is 5.10 Å². The van der Waals surface area contributed by atoms with Crippen LogP contribution in [0.1, 0.15) is 24.2 Å². The minimum atomic E-state index is -0.229. The molecule has 1 heterocycles. The molecule has 0 aliphatic rings. The summed E-state index contributed by atoms with van der Waals surface area (Å²) in [5.74, 6) is -0.328. The molecule has 1 amide bonds. The van der Waals surface area contributed by atoms with E-state index in [1.54, 1.807) is 0 Å². The van der Waals surface area contributed by atoms with Crippen molar-refractivity contribution in [3.8, 4) is 0 Å². The number of rotatable bonds is 7. The van der Waals surface area contributed by atoms with Crippen LogP contribution in [0.15, 0.2) is 0 Å². The van der Waals surface area contributed by atoms with Crippen LogP contribution in [0.5, 0.6) is 0 Å². The van der Waals surface area contributed by atoms with Gasteiger partial charge < -0.3 is 10.1 Å². The maximum absolute atomic E-state index is 11.9. The Bertz CT molecular complexity index is 451. The number of ether oxygens (including phenoxy) is 1. The van der Waals surface area contributed by atoms with Crippen LogP contribution >= 0.6 is 0 Å². The van der Waals surface area contributed by atoms with E-state index in [9.17, 15) is 9.59 Å². The standard InChI is InChI=1S/C13H22N4O3/c1-9-13(10(2)16-15-9)14-11(18)8-17(3)7-5-6-12(19)20-4/h5-8H2,1-4H3,(H,14,18)(H,15,16). The van der Waals surface area contributed by atoms with Crippen molar-refractivity contribution in [2.24, 2.45) is 0 Å². The molecule has 0 aliphatic heterocycles. The second-order valence-electron chi connectivity index (χ2n) is 4.77. The highest BCUT2D eigenvalue weighted by Gasteiger charge is 2.12. The Morgan fingerprint density at radius 2 is 2.10 bits per heavy atom. The number of hydrogen-bond donors (Lipinski definition) is 2. The van der Waals surface area contributed by atoms with Crippen molar-refractivity contribution in [3.63, 3.8) is 0 Å². The number of nitrogens with one attached hydrogen (secondary N) is 2. The minimum Gasteiger partial charge on any atom is -0.469 e. The molecule has 0 saturated heterocycles. The van der Waals surface area contributed by atoms with E-state index in [0.717, 1.165) is 17.1 Å². The predicted molar refractivity (Wildman–Crippen MR) is 75.4 cm³/mol. The summed E-state index contributed by atoms with van der Waals surface area (Å²) in [6, 6.07) is 0. The zero-order valence-corrected chi connectivity index (χ0v) is 12.4. The number of esters is 1. The van der Waals surface area contributed by atoms with Gasteiger partial charge in [-0.15, -0.1) is 0 Å². The average Bonchev–Trinajstić information content (AvgIpc) is 2.70. The van der Waals surface area contributed by atoms with Gasteiger partial charge in [-0.1, -0.05) is 0 Å². The molecule has 7 nitrogen and oxygen atoms in total. The molecule has 0 bridgehead atoms. The van der Waals surface area contributed by atoms with E-state index in [1.807, 2.05) is 25.8 Å². The molecule has 0 unspecified atom stereocenters. The number of amides is 1. The summed E-state index contributed by atoms with van der Waals surface area (Å²) < 4.78 is 4.56. The number of likely N-dealkylation sites (N-methyl/N-ethyl adjacent to an activating group) is 1. The zero-order valence-electron chi connectivity index (χ0n) is 12.4. The smallest absolute Gasteiger partial charge is 0.305 e. The number of aryl methyl sites for hydroxylation is 2. The van der Waals surface area contributed by atoms with E-state index >= 15 is 0 Å². The molecule has 112 valence electrons. The Hall–Kier alpha value is -1.89. The lowest BCUT2D eigenvalue weighted by Gasteiger charge is -2.15. The fraction of sp³-hybridized carbons (Fsp3) is 0.615. The first-order valence-corrected chi connectivity index (χ1v) is 6.50. The molecule has 2 N–H and O–H groups in total. The molecule has 0 saturated carbocycles. The summed E-state index contributed by atoms with van der Waals surface area (Å²) in [6.07, 6.45) is 1.03. The lowest BCUT2D eigenvalue weighted by atomic mass is 10.3. The Balaban J connectivity index is 2.33.